The zero-order chi connectivity index (χ0) is 15.1. The fraction of sp³-hybridized carbons (Fsp3) is 0.529. The van der Waals surface area contributed by atoms with Gasteiger partial charge in [-0.25, -0.2) is 0 Å². The second-order valence-electron chi connectivity index (χ2n) is 5.54. The molecule has 0 unspecified atom stereocenters. The third kappa shape index (κ3) is 4.67. The molecule has 0 spiro atoms. The molecule has 2 N–H and O–H groups in total. The summed E-state index contributed by atoms with van der Waals surface area (Å²) in [6.07, 6.45) is 5.58. The number of carbonyl (C=O) groups is 2. The van der Waals surface area contributed by atoms with Crippen molar-refractivity contribution in [3.05, 3.63) is 34.9 Å². The van der Waals surface area contributed by atoms with Crippen LogP contribution in [0.25, 0.3) is 0 Å². The summed E-state index contributed by atoms with van der Waals surface area (Å²) in [5.41, 5.74) is 3.37. The van der Waals surface area contributed by atoms with Crippen molar-refractivity contribution in [2.24, 2.45) is 0 Å². The molecule has 0 saturated carbocycles. The minimum atomic E-state index is -0.130. The monoisotopic (exact) mass is 289 g/mol. The molecule has 0 heterocycles. The molecule has 0 radical (unpaired) electrons. The molecule has 1 amide bonds. The third-order valence-corrected chi connectivity index (χ3v) is 3.91. The van der Waals surface area contributed by atoms with Gasteiger partial charge >= 0.3 is 0 Å². The molecule has 1 aromatic carbocycles. The Bertz CT molecular complexity index is 511. The summed E-state index contributed by atoms with van der Waals surface area (Å²) >= 11 is 0. The van der Waals surface area contributed by atoms with E-state index in [2.05, 4.69) is 11.4 Å². The fourth-order valence-electron chi connectivity index (χ4n) is 2.67. The van der Waals surface area contributed by atoms with E-state index in [1.54, 1.807) is 0 Å². The van der Waals surface area contributed by atoms with Gasteiger partial charge < -0.3 is 10.4 Å². The van der Waals surface area contributed by atoms with Gasteiger partial charge in [0, 0.05) is 31.6 Å². The number of carbonyl (C=O) groups excluding carboxylic acids is 2. The van der Waals surface area contributed by atoms with E-state index in [0.29, 0.717) is 13.0 Å². The predicted molar refractivity (Wildman–Crippen MR) is 81.4 cm³/mol. The van der Waals surface area contributed by atoms with Gasteiger partial charge in [0.15, 0.2) is 5.78 Å². The van der Waals surface area contributed by atoms with E-state index >= 15 is 0 Å². The zero-order valence-electron chi connectivity index (χ0n) is 12.4. The molecule has 4 heteroatoms. The van der Waals surface area contributed by atoms with Gasteiger partial charge in [0.25, 0.3) is 0 Å². The van der Waals surface area contributed by atoms with Crippen LogP contribution in [0.5, 0.6) is 0 Å². The van der Waals surface area contributed by atoms with E-state index in [0.717, 1.165) is 18.4 Å². The molecule has 0 bridgehead atoms. The van der Waals surface area contributed by atoms with Crippen LogP contribution < -0.4 is 5.32 Å². The number of rotatable bonds is 7. The average molecular weight is 289 g/mol. The van der Waals surface area contributed by atoms with E-state index < -0.39 is 0 Å². The highest BCUT2D eigenvalue weighted by Gasteiger charge is 2.13. The maximum Gasteiger partial charge on any atom is 0.220 e. The van der Waals surface area contributed by atoms with Crippen LogP contribution in [0.3, 0.4) is 0 Å². The van der Waals surface area contributed by atoms with Crippen LogP contribution in [0.1, 0.15) is 53.6 Å². The molecule has 0 saturated heterocycles. The summed E-state index contributed by atoms with van der Waals surface area (Å²) in [5, 5.41) is 11.3. The number of benzene rings is 1. The van der Waals surface area contributed by atoms with Crippen LogP contribution in [0, 0.1) is 0 Å². The van der Waals surface area contributed by atoms with E-state index in [-0.39, 0.29) is 31.1 Å². The molecular formula is C17H23NO3. The molecule has 0 aromatic heterocycles. The quantitative estimate of drug-likeness (QED) is 0.596. The molecule has 1 aliphatic carbocycles. The van der Waals surface area contributed by atoms with Crippen LogP contribution in [0.4, 0.5) is 0 Å². The number of nitrogens with one attached hydrogen (secondary N) is 1. The van der Waals surface area contributed by atoms with Gasteiger partial charge in [0.2, 0.25) is 5.91 Å². The number of amides is 1. The van der Waals surface area contributed by atoms with Gasteiger partial charge in [-0.2, -0.15) is 0 Å². The van der Waals surface area contributed by atoms with Crippen molar-refractivity contribution in [1.82, 2.24) is 5.32 Å². The van der Waals surface area contributed by atoms with Crippen molar-refractivity contribution in [2.75, 3.05) is 13.2 Å². The number of Topliss-reactive ketones (excluding diaryl/α,β-unsaturated/α-hetero) is 1. The standard InChI is InChI=1S/C17H23NO3/c19-11-3-10-18-17(21)9-8-16(20)15-7-6-13-4-1-2-5-14(13)12-15/h6-7,12,19H,1-5,8-11H2,(H,18,21). The summed E-state index contributed by atoms with van der Waals surface area (Å²) in [5.74, 6) is -0.101. The van der Waals surface area contributed by atoms with E-state index in [1.165, 1.54) is 24.0 Å². The highest BCUT2D eigenvalue weighted by atomic mass is 16.3. The largest absolute Gasteiger partial charge is 0.396 e. The Labute approximate surface area is 125 Å². The van der Waals surface area contributed by atoms with E-state index in [9.17, 15) is 9.59 Å². The first-order chi connectivity index (χ1) is 10.2. The first-order valence-corrected chi connectivity index (χ1v) is 7.73. The number of aliphatic hydroxyl groups excluding tert-OH is 1. The average Bonchev–Trinajstić information content (AvgIpc) is 2.52. The molecule has 114 valence electrons. The maximum absolute atomic E-state index is 12.1. The SMILES string of the molecule is O=C(CCC(=O)c1ccc2c(c1)CCCC2)NCCCO. The molecule has 0 atom stereocenters. The number of hydrogen-bond donors (Lipinski definition) is 2. The number of fused-ring (bicyclic) bond motifs is 1. The number of hydrogen-bond acceptors (Lipinski definition) is 3. The summed E-state index contributed by atoms with van der Waals surface area (Å²) in [6, 6.07) is 5.94. The van der Waals surface area contributed by atoms with Crippen molar-refractivity contribution < 1.29 is 14.7 Å². The van der Waals surface area contributed by atoms with Gasteiger partial charge in [0.05, 0.1) is 0 Å². The smallest absolute Gasteiger partial charge is 0.220 e. The Morgan fingerprint density at radius 2 is 1.86 bits per heavy atom. The van der Waals surface area contributed by atoms with Gasteiger partial charge in [-0.05, 0) is 49.3 Å². The highest BCUT2D eigenvalue weighted by Crippen LogP contribution is 2.22. The zero-order valence-corrected chi connectivity index (χ0v) is 12.4. The summed E-state index contributed by atoms with van der Waals surface area (Å²) in [7, 11) is 0. The molecule has 0 fully saturated rings. The second kappa shape index (κ2) is 7.93. The van der Waals surface area contributed by atoms with Crippen molar-refractivity contribution in [3.8, 4) is 0 Å². The molecule has 0 aliphatic heterocycles. The lowest BCUT2D eigenvalue weighted by atomic mass is 9.89. The Morgan fingerprint density at radius 1 is 1.10 bits per heavy atom. The summed E-state index contributed by atoms with van der Waals surface area (Å²) in [4.78, 5) is 23.7. The highest BCUT2D eigenvalue weighted by molar-refractivity contribution is 5.98. The minimum absolute atomic E-state index is 0.0284. The first kappa shape index (κ1) is 15.7. The lowest BCUT2D eigenvalue weighted by Crippen LogP contribution is -2.25. The first-order valence-electron chi connectivity index (χ1n) is 7.73. The van der Waals surface area contributed by atoms with Crippen molar-refractivity contribution in [2.45, 2.75) is 44.9 Å². The summed E-state index contributed by atoms with van der Waals surface area (Å²) < 4.78 is 0. The lowest BCUT2D eigenvalue weighted by molar-refractivity contribution is -0.121. The Kier molecular flexibility index (Phi) is 5.93. The van der Waals surface area contributed by atoms with Crippen LogP contribution in [0.2, 0.25) is 0 Å². The minimum Gasteiger partial charge on any atom is -0.396 e. The maximum atomic E-state index is 12.1. The molecular weight excluding hydrogens is 266 g/mol. The fourth-order valence-corrected chi connectivity index (χ4v) is 2.67. The molecule has 1 aromatic rings. The van der Waals surface area contributed by atoms with Gasteiger partial charge in [-0.1, -0.05) is 12.1 Å². The Hall–Kier alpha value is -1.68. The summed E-state index contributed by atoms with van der Waals surface area (Å²) in [6.45, 7) is 0.525. The Balaban J connectivity index is 1.84. The van der Waals surface area contributed by atoms with Crippen molar-refractivity contribution in [3.63, 3.8) is 0 Å². The molecule has 4 nitrogen and oxygen atoms in total. The molecule has 1 aliphatic rings. The van der Waals surface area contributed by atoms with Crippen LogP contribution in [-0.4, -0.2) is 29.9 Å². The Morgan fingerprint density at radius 3 is 2.62 bits per heavy atom. The lowest BCUT2D eigenvalue weighted by Gasteiger charge is -2.16. The number of aliphatic hydroxyl groups is 1. The number of ketones is 1. The van der Waals surface area contributed by atoms with Crippen molar-refractivity contribution in [1.29, 1.82) is 0 Å². The molecule has 2 rings (SSSR count). The third-order valence-electron chi connectivity index (χ3n) is 3.91. The van der Waals surface area contributed by atoms with Gasteiger partial charge in [-0.3, -0.25) is 9.59 Å². The van der Waals surface area contributed by atoms with Crippen molar-refractivity contribution >= 4 is 11.7 Å². The van der Waals surface area contributed by atoms with E-state index in [4.69, 9.17) is 5.11 Å². The van der Waals surface area contributed by atoms with Crippen LogP contribution >= 0.6 is 0 Å². The molecule has 21 heavy (non-hydrogen) atoms. The van der Waals surface area contributed by atoms with Crippen LogP contribution in [-0.2, 0) is 17.6 Å². The normalized spacial score (nSPS) is 13.6. The second-order valence-corrected chi connectivity index (χ2v) is 5.54. The van der Waals surface area contributed by atoms with Gasteiger partial charge in [-0.15, -0.1) is 0 Å². The van der Waals surface area contributed by atoms with Crippen LogP contribution in [0.15, 0.2) is 18.2 Å². The van der Waals surface area contributed by atoms with Gasteiger partial charge in [0.1, 0.15) is 0 Å². The topological polar surface area (TPSA) is 66.4 Å². The number of aryl methyl sites for hydroxylation is 2. The predicted octanol–water partition coefficient (Wildman–Crippen LogP) is 2.03. The van der Waals surface area contributed by atoms with E-state index in [1.807, 2.05) is 12.1 Å².